The zero-order valence-corrected chi connectivity index (χ0v) is 18.2. The summed E-state index contributed by atoms with van der Waals surface area (Å²) < 4.78 is 22.2. The summed E-state index contributed by atoms with van der Waals surface area (Å²) in [7, 11) is -0.378. The van der Waals surface area contributed by atoms with Gasteiger partial charge in [-0.2, -0.15) is 0 Å². The van der Waals surface area contributed by atoms with E-state index in [-0.39, 0.29) is 33.2 Å². The van der Waals surface area contributed by atoms with Gasteiger partial charge in [0.25, 0.3) is 0 Å². The van der Waals surface area contributed by atoms with Gasteiger partial charge in [0.2, 0.25) is 0 Å². The summed E-state index contributed by atoms with van der Waals surface area (Å²) in [4.78, 5) is 25.3. The third-order valence-corrected chi connectivity index (χ3v) is 5.16. The molecule has 0 saturated carbocycles. The first-order valence-corrected chi connectivity index (χ1v) is 9.81. The van der Waals surface area contributed by atoms with Gasteiger partial charge in [0.1, 0.15) is 0 Å². The van der Waals surface area contributed by atoms with E-state index >= 15 is 0 Å². The van der Waals surface area contributed by atoms with Gasteiger partial charge >= 0.3 is 19.1 Å². The zero-order chi connectivity index (χ0) is 21.4. The van der Waals surface area contributed by atoms with Gasteiger partial charge in [-0.25, -0.2) is 0 Å². The summed E-state index contributed by atoms with van der Waals surface area (Å²) in [5, 5.41) is 0. The molecule has 0 aromatic carbocycles. The third kappa shape index (κ3) is 5.62. The minimum absolute atomic E-state index is 0.0436. The monoisotopic (exact) mass is 392 g/mol. The molecule has 7 heteroatoms. The second kappa shape index (κ2) is 10.1. The van der Waals surface area contributed by atoms with Crippen molar-refractivity contribution in [1.29, 1.82) is 0 Å². The SMILES string of the molecule is CC#CCC(C/C=C/CB1OC(C)(C)C(C)(C)O1)(C(=O)OCC)C(=O)OCC. The van der Waals surface area contributed by atoms with Crippen molar-refractivity contribution in [3.05, 3.63) is 12.2 Å². The molecule has 28 heavy (non-hydrogen) atoms. The second-order valence-corrected chi connectivity index (χ2v) is 7.72. The Kier molecular flexibility index (Phi) is 8.78. The van der Waals surface area contributed by atoms with Gasteiger partial charge in [0.15, 0.2) is 5.41 Å². The molecular weight excluding hydrogens is 359 g/mol. The van der Waals surface area contributed by atoms with Crippen LogP contribution >= 0.6 is 0 Å². The van der Waals surface area contributed by atoms with Crippen molar-refractivity contribution in [2.45, 2.75) is 78.8 Å². The van der Waals surface area contributed by atoms with E-state index in [1.807, 2.05) is 33.8 Å². The predicted octanol–water partition coefficient (Wildman–Crippen LogP) is 3.55. The first-order valence-electron chi connectivity index (χ1n) is 9.81. The fraction of sp³-hybridized carbons (Fsp3) is 0.714. The lowest BCUT2D eigenvalue weighted by Crippen LogP contribution is -2.41. The van der Waals surface area contributed by atoms with Crippen LogP contribution in [-0.2, 0) is 28.4 Å². The maximum atomic E-state index is 12.6. The molecule has 1 fully saturated rings. The molecule has 1 aliphatic heterocycles. The smallest absolute Gasteiger partial charge is 0.461 e. The van der Waals surface area contributed by atoms with Gasteiger partial charge in [-0.05, 0) is 54.9 Å². The van der Waals surface area contributed by atoms with Crippen molar-refractivity contribution in [1.82, 2.24) is 0 Å². The van der Waals surface area contributed by atoms with E-state index in [2.05, 4.69) is 11.8 Å². The molecule has 0 aromatic rings. The van der Waals surface area contributed by atoms with Crippen molar-refractivity contribution in [2.24, 2.45) is 5.41 Å². The Hall–Kier alpha value is -1.78. The Balaban J connectivity index is 2.93. The zero-order valence-electron chi connectivity index (χ0n) is 18.2. The van der Waals surface area contributed by atoms with Crippen LogP contribution in [0.1, 0.15) is 61.3 Å². The lowest BCUT2D eigenvalue weighted by molar-refractivity contribution is -0.171. The average Bonchev–Trinajstić information content (AvgIpc) is 2.81. The molecule has 0 spiro atoms. The lowest BCUT2D eigenvalue weighted by Gasteiger charge is -2.32. The Morgan fingerprint density at radius 1 is 1.00 bits per heavy atom. The summed E-state index contributed by atoms with van der Waals surface area (Å²) in [6, 6.07) is 0. The molecule has 1 rings (SSSR count). The number of carbonyl (C=O) groups is 2. The Labute approximate surface area is 169 Å². The van der Waals surface area contributed by atoms with Gasteiger partial charge in [0.05, 0.1) is 24.4 Å². The maximum absolute atomic E-state index is 12.6. The van der Waals surface area contributed by atoms with Gasteiger partial charge in [-0.3, -0.25) is 9.59 Å². The Morgan fingerprint density at radius 3 is 1.93 bits per heavy atom. The number of esters is 2. The normalized spacial score (nSPS) is 17.9. The molecule has 6 nitrogen and oxygen atoms in total. The van der Waals surface area contributed by atoms with E-state index in [0.29, 0.717) is 6.32 Å². The Bertz CT molecular complexity index is 607. The topological polar surface area (TPSA) is 71.1 Å². The predicted molar refractivity (Wildman–Crippen MR) is 108 cm³/mol. The van der Waals surface area contributed by atoms with E-state index in [1.165, 1.54) is 0 Å². The molecule has 1 heterocycles. The number of hydrogen-bond donors (Lipinski definition) is 0. The number of rotatable bonds is 9. The van der Waals surface area contributed by atoms with Crippen LogP contribution in [0.5, 0.6) is 0 Å². The quantitative estimate of drug-likeness (QED) is 0.197. The highest BCUT2D eigenvalue weighted by atomic mass is 16.7. The van der Waals surface area contributed by atoms with E-state index in [9.17, 15) is 9.59 Å². The average molecular weight is 392 g/mol. The van der Waals surface area contributed by atoms with Crippen molar-refractivity contribution in [3.63, 3.8) is 0 Å². The molecular formula is C21H33BO6. The molecule has 0 aliphatic carbocycles. The van der Waals surface area contributed by atoms with Gasteiger partial charge in [0, 0.05) is 12.7 Å². The van der Waals surface area contributed by atoms with Crippen LogP contribution < -0.4 is 0 Å². The van der Waals surface area contributed by atoms with Gasteiger partial charge in [-0.15, -0.1) is 11.8 Å². The molecule has 0 bridgehead atoms. The van der Waals surface area contributed by atoms with Crippen LogP contribution in [0.4, 0.5) is 0 Å². The molecule has 0 atom stereocenters. The molecule has 0 N–H and O–H groups in total. The largest absolute Gasteiger partial charge is 0.465 e. The highest BCUT2D eigenvalue weighted by molar-refractivity contribution is 6.46. The van der Waals surface area contributed by atoms with Crippen molar-refractivity contribution in [2.75, 3.05) is 13.2 Å². The molecule has 1 aliphatic rings. The van der Waals surface area contributed by atoms with Crippen LogP contribution in [0, 0.1) is 17.3 Å². The standard InChI is InChI=1S/C21H33BO6/c1-8-11-14-21(17(23)25-9-2,18(24)26-10-3)15-12-13-16-22-27-19(4,5)20(6,7)28-22/h12-13H,9-10,14-16H2,1-7H3/b13-12+. The van der Waals surface area contributed by atoms with Gasteiger partial charge < -0.3 is 18.8 Å². The molecule has 0 aromatic heterocycles. The first-order chi connectivity index (χ1) is 13.1. The van der Waals surface area contributed by atoms with Crippen LogP contribution in [0.25, 0.3) is 0 Å². The van der Waals surface area contributed by atoms with Crippen LogP contribution in [0.2, 0.25) is 6.32 Å². The first kappa shape index (κ1) is 24.3. The summed E-state index contributed by atoms with van der Waals surface area (Å²) in [6.07, 6.45) is 4.32. The maximum Gasteiger partial charge on any atom is 0.461 e. The minimum atomic E-state index is -1.47. The fourth-order valence-corrected chi connectivity index (χ4v) is 2.80. The van der Waals surface area contributed by atoms with Crippen LogP contribution in [0.15, 0.2) is 12.2 Å². The summed E-state index contributed by atoms with van der Waals surface area (Å²) in [5.74, 6) is 4.35. The van der Waals surface area contributed by atoms with E-state index < -0.39 is 28.6 Å². The molecule has 0 radical (unpaired) electrons. The van der Waals surface area contributed by atoms with E-state index in [1.54, 1.807) is 26.8 Å². The highest BCUT2D eigenvalue weighted by Gasteiger charge is 2.50. The number of hydrogen-bond acceptors (Lipinski definition) is 6. The van der Waals surface area contributed by atoms with Crippen molar-refractivity contribution < 1.29 is 28.4 Å². The molecule has 156 valence electrons. The fourth-order valence-electron chi connectivity index (χ4n) is 2.80. The number of allylic oxidation sites excluding steroid dienone is 2. The third-order valence-electron chi connectivity index (χ3n) is 5.16. The Morgan fingerprint density at radius 2 is 1.50 bits per heavy atom. The van der Waals surface area contributed by atoms with Gasteiger partial charge in [-0.1, -0.05) is 12.2 Å². The van der Waals surface area contributed by atoms with E-state index in [0.717, 1.165) is 0 Å². The lowest BCUT2D eigenvalue weighted by atomic mass is 9.79. The molecule has 0 unspecified atom stereocenters. The number of ether oxygens (including phenoxy) is 2. The summed E-state index contributed by atoms with van der Waals surface area (Å²) >= 11 is 0. The molecule has 1 saturated heterocycles. The van der Waals surface area contributed by atoms with E-state index in [4.69, 9.17) is 18.8 Å². The van der Waals surface area contributed by atoms with Crippen molar-refractivity contribution in [3.8, 4) is 11.8 Å². The van der Waals surface area contributed by atoms with Crippen LogP contribution in [0.3, 0.4) is 0 Å². The second-order valence-electron chi connectivity index (χ2n) is 7.72. The number of carbonyl (C=O) groups excluding carboxylic acids is 2. The molecule has 0 amide bonds. The van der Waals surface area contributed by atoms with Crippen LogP contribution in [-0.4, -0.2) is 43.5 Å². The summed E-state index contributed by atoms with van der Waals surface area (Å²) in [5.41, 5.74) is -2.27. The highest BCUT2D eigenvalue weighted by Crippen LogP contribution is 2.38. The van der Waals surface area contributed by atoms with Crippen molar-refractivity contribution >= 4 is 19.1 Å². The minimum Gasteiger partial charge on any atom is -0.465 e. The summed E-state index contributed by atoms with van der Waals surface area (Å²) in [6.45, 7) is 13.4.